The van der Waals surface area contributed by atoms with Gasteiger partial charge in [-0.15, -0.1) is 0 Å². The van der Waals surface area contributed by atoms with E-state index in [9.17, 15) is 10.5 Å². The maximum Gasteiger partial charge on any atom is 0.416 e. The van der Waals surface area contributed by atoms with Gasteiger partial charge >= 0.3 is 6.18 Å². The summed E-state index contributed by atoms with van der Waals surface area (Å²) in [5.74, 6) is 5.05. The molecule has 0 atom stereocenters. The van der Waals surface area contributed by atoms with E-state index < -0.39 is 11.7 Å². The van der Waals surface area contributed by atoms with Crippen LogP contribution < -0.4 is 0 Å². The molecule has 19 heteroatoms. The summed E-state index contributed by atoms with van der Waals surface area (Å²) in [4.78, 5) is 61.5. The van der Waals surface area contributed by atoms with Crippen molar-refractivity contribution in [3.05, 3.63) is 362 Å². The number of hydrogen-bond donors (Lipinski definition) is 0. The van der Waals surface area contributed by atoms with Gasteiger partial charge in [-0.3, -0.25) is 0 Å². The first-order chi connectivity index (χ1) is 58.0. The molecule has 0 fully saturated rings. The van der Waals surface area contributed by atoms with Crippen LogP contribution >= 0.6 is 0 Å². The number of halogens is 3. The maximum absolute atomic E-state index is 15.5. The number of fused-ring (bicyclic) bond motifs is 6. The highest BCUT2D eigenvalue weighted by Crippen LogP contribution is 2.45. The van der Waals surface area contributed by atoms with E-state index in [1.54, 1.807) is 12.1 Å². The molecule has 0 bridgehead atoms. The summed E-state index contributed by atoms with van der Waals surface area (Å²) in [6, 6.07) is 112. The number of nitriles is 2. The summed E-state index contributed by atoms with van der Waals surface area (Å²) in [5.41, 5.74) is 10.7. The Morgan fingerprint density at radius 1 is 0.212 bits per heavy atom. The maximum atomic E-state index is 15.5. The minimum atomic E-state index is -4.88. The van der Waals surface area contributed by atoms with Crippen LogP contribution in [0.25, 0.3) is 203 Å². The average Bonchev–Trinajstić information content (AvgIpc) is 1.56. The van der Waals surface area contributed by atoms with Gasteiger partial charge in [0.1, 0.15) is 11.6 Å². The van der Waals surface area contributed by atoms with Crippen LogP contribution in [0.15, 0.2) is 346 Å². The summed E-state index contributed by atoms with van der Waals surface area (Å²) < 4.78 is 50.4. The van der Waals surface area contributed by atoms with E-state index in [1.807, 2.05) is 331 Å². The molecular formula is C99H57F3N16. The van der Waals surface area contributed by atoms with E-state index in [0.717, 1.165) is 56.6 Å². The number of rotatable bonds is 15. The molecule has 0 N–H and O–H groups in total. The SMILES string of the molecule is N#Cc1cc(-c2cc(-n3c4ccc(-c5nc(-c6ccccc6)nc(-c6ccccc6)n5)cc4c4cc(-c5nc(-c6ccccc6)nc(-c6ccccc6)n5)ccc43)c(C#N)c(-n3c4ccc(-c5nc(-c6ccccc6)nc(-c6ccccc6)n5)cc4c4cc(-c5nc(-c6ccccc6)nc(-c6ccccc6)n5)ccc43)c2)cc(C(F)(F)F)c1. The van der Waals surface area contributed by atoms with Crippen molar-refractivity contribution in [1.29, 1.82) is 10.5 Å². The Morgan fingerprint density at radius 2 is 0.424 bits per heavy atom. The van der Waals surface area contributed by atoms with Gasteiger partial charge < -0.3 is 9.13 Å². The first-order valence-electron chi connectivity index (χ1n) is 37.8. The number of hydrogen-bond acceptors (Lipinski definition) is 14. The average molecular weight is 1530 g/mol. The highest BCUT2D eigenvalue weighted by atomic mass is 19.4. The van der Waals surface area contributed by atoms with Crippen molar-refractivity contribution in [2.45, 2.75) is 6.18 Å². The van der Waals surface area contributed by atoms with Gasteiger partial charge in [0.25, 0.3) is 0 Å². The van der Waals surface area contributed by atoms with E-state index in [4.69, 9.17) is 59.8 Å². The van der Waals surface area contributed by atoms with Crippen LogP contribution in [0.5, 0.6) is 0 Å². The van der Waals surface area contributed by atoms with Crippen LogP contribution in [0.1, 0.15) is 16.7 Å². The first kappa shape index (κ1) is 70.6. The van der Waals surface area contributed by atoms with E-state index in [-0.39, 0.29) is 33.6 Å². The fraction of sp³-hybridized carbons (Fsp3) is 0.0101. The molecule has 0 aliphatic rings. The second-order valence-corrected chi connectivity index (χ2v) is 28.2. The molecule has 0 amide bonds. The van der Waals surface area contributed by atoms with Crippen molar-refractivity contribution in [1.82, 2.24) is 68.9 Å². The van der Waals surface area contributed by atoms with Crippen LogP contribution in [0.3, 0.4) is 0 Å². The van der Waals surface area contributed by atoms with Crippen LogP contribution in [0.2, 0.25) is 0 Å². The van der Waals surface area contributed by atoms with Crippen molar-refractivity contribution < 1.29 is 13.2 Å². The van der Waals surface area contributed by atoms with Gasteiger partial charge in [0.05, 0.1) is 50.6 Å². The van der Waals surface area contributed by atoms with Gasteiger partial charge in [-0.2, -0.15) is 23.7 Å². The van der Waals surface area contributed by atoms with E-state index >= 15 is 13.2 Å². The standard InChI is InChI=1S/C99H57F3N16/c100-99(101,102)75-50-60(58-103)49-73(51-75)74-56-85(117-81-45-41-69(95-109-87(61-25-9-1-10-26-61)105-88(110-95)62-27-11-2-12-28-62)52-76(81)77-53-70(42-46-82(77)117)96-111-89(63-29-13-3-14-30-63)106-90(112-96)64-31-15-4-16-32-64)80(59-104)86(57-74)118-83-47-43-71(97-113-91(65-33-17-5-18-34-65)107-92(114-97)66-35-19-6-20-36-66)54-78(83)79-55-72(44-48-84(79)118)98-115-93(67-37-21-7-22-38-67)108-94(116-98)68-39-23-8-24-40-68/h1-57H. The monoisotopic (exact) mass is 1530 g/mol. The van der Waals surface area contributed by atoms with Gasteiger partial charge in [-0.1, -0.05) is 243 Å². The van der Waals surface area contributed by atoms with Crippen LogP contribution in [0.4, 0.5) is 13.2 Å². The third kappa shape index (κ3) is 13.3. The Hall–Kier alpha value is -16.5. The number of aromatic nitrogens is 14. The van der Waals surface area contributed by atoms with Crippen molar-refractivity contribution in [2.75, 3.05) is 0 Å². The third-order valence-corrected chi connectivity index (χ3v) is 20.8. The second-order valence-electron chi connectivity index (χ2n) is 28.2. The molecule has 0 saturated heterocycles. The Bertz CT molecular complexity index is 6420. The van der Waals surface area contributed by atoms with Crippen LogP contribution in [-0.4, -0.2) is 68.9 Å². The van der Waals surface area contributed by atoms with E-state index in [1.165, 1.54) is 6.07 Å². The summed E-state index contributed by atoms with van der Waals surface area (Å²) in [7, 11) is 0. The molecular weight excluding hydrogens is 1470 g/mol. The summed E-state index contributed by atoms with van der Waals surface area (Å²) >= 11 is 0. The summed E-state index contributed by atoms with van der Waals surface area (Å²) in [6.45, 7) is 0. The van der Waals surface area contributed by atoms with Gasteiger partial charge in [0.2, 0.25) is 0 Å². The highest BCUT2D eigenvalue weighted by Gasteiger charge is 2.33. The Kier molecular flexibility index (Phi) is 17.7. The predicted molar refractivity (Wildman–Crippen MR) is 454 cm³/mol. The molecule has 16 nitrogen and oxygen atoms in total. The lowest BCUT2D eigenvalue weighted by Gasteiger charge is -2.19. The summed E-state index contributed by atoms with van der Waals surface area (Å²) in [6.07, 6.45) is -4.88. The minimum Gasteiger partial charge on any atom is -0.308 e. The van der Waals surface area contributed by atoms with Crippen molar-refractivity contribution in [3.8, 4) is 171 Å². The van der Waals surface area contributed by atoms with Crippen molar-refractivity contribution in [3.63, 3.8) is 0 Å². The minimum absolute atomic E-state index is 0.0575. The Labute approximate surface area is 672 Å². The molecule has 118 heavy (non-hydrogen) atoms. The third-order valence-electron chi connectivity index (χ3n) is 20.8. The lowest BCUT2D eigenvalue weighted by atomic mass is 9.96. The molecule has 0 saturated carbocycles. The van der Waals surface area contributed by atoms with Crippen molar-refractivity contribution in [2.24, 2.45) is 0 Å². The zero-order chi connectivity index (χ0) is 79.4. The molecule has 554 valence electrons. The molecule has 6 aromatic heterocycles. The number of nitrogens with zero attached hydrogens (tertiary/aromatic N) is 16. The quantitative estimate of drug-likeness (QED) is 0.0934. The van der Waals surface area contributed by atoms with Gasteiger partial charge in [0.15, 0.2) is 69.9 Å². The fourth-order valence-corrected chi connectivity index (χ4v) is 15.1. The topological polar surface area (TPSA) is 212 Å². The molecule has 0 radical (unpaired) electrons. The molecule has 14 aromatic carbocycles. The zero-order valence-corrected chi connectivity index (χ0v) is 62.2. The molecule has 0 aliphatic heterocycles. The Balaban J connectivity index is 0.873. The van der Waals surface area contributed by atoms with Crippen molar-refractivity contribution >= 4 is 43.6 Å². The van der Waals surface area contributed by atoms with E-state index in [2.05, 4.69) is 6.07 Å². The summed E-state index contributed by atoms with van der Waals surface area (Å²) in [5, 5.41) is 25.9. The fourth-order valence-electron chi connectivity index (χ4n) is 15.1. The van der Waals surface area contributed by atoms with Gasteiger partial charge in [-0.05, 0) is 114 Å². The second kappa shape index (κ2) is 29.5. The molecule has 0 unspecified atom stereocenters. The van der Waals surface area contributed by atoms with E-state index in [0.29, 0.717) is 136 Å². The largest absolute Gasteiger partial charge is 0.416 e. The lowest BCUT2D eigenvalue weighted by Crippen LogP contribution is -2.07. The van der Waals surface area contributed by atoms with Gasteiger partial charge in [-0.25, -0.2) is 59.8 Å². The predicted octanol–water partition coefficient (Wildman–Crippen LogP) is 23.1. The Morgan fingerprint density at radius 3 is 0.627 bits per heavy atom. The molecule has 0 aliphatic carbocycles. The molecule has 20 aromatic rings. The lowest BCUT2D eigenvalue weighted by molar-refractivity contribution is -0.137. The van der Waals surface area contributed by atoms with Crippen LogP contribution in [0, 0.1) is 22.7 Å². The molecule has 20 rings (SSSR count). The van der Waals surface area contributed by atoms with Gasteiger partial charge in [0, 0.05) is 88.3 Å². The number of alkyl halides is 3. The zero-order valence-electron chi connectivity index (χ0n) is 62.2. The van der Waals surface area contributed by atoms with Crippen LogP contribution in [-0.2, 0) is 6.18 Å². The number of benzene rings is 14. The molecule has 6 heterocycles. The highest BCUT2D eigenvalue weighted by molar-refractivity contribution is 6.14. The normalized spacial score (nSPS) is 11.5. The smallest absolute Gasteiger partial charge is 0.308 e. The first-order valence-corrected chi connectivity index (χ1v) is 37.8. The molecule has 0 spiro atoms.